The van der Waals surface area contributed by atoms with Gasteiger partial charge in [0.2, 0.25) is 0 Å². The number of imidazole rings is 1. The Balaban J connectivity index is 1.43. The van der Waals surface area contributed by atoms with Gasteiger partial charge in [-0.15, -0.1) is 0 Å². The molecule has 8 aromatic rings. The average molecular weight is 811 g/mol. The van der Waals surface area contributed by atoms with E-state index in [1.807, 2.05) is 6.20 Å². The van der Waals surface area contributed by atoms with Crippen molar-refractivity contribution in [1.29, 1.82) is 0 Å². The minimum absolute atomic E-state index is 0.0789. The molecule has 8 rings (SSSR count). The summed E-state index contributed by atoms with van der Waals surface area (Å²) in [7, 11) is 2.14. The van der Waals surface area contributed by atoms with Gasteiger partial charge in [0.1, 0.15) is 0 Å². The maximum atomic E-state index is 4.77. The fourth-order valence-corrected chi connectivity index (χ4v) is 7.91. The normalized spacial score (nSPS) is 11.2. The fraction of sp³-hybridized carbons (Fsp3) is 0.0455. The molecule has 0 unspecified atom stereocenters. The van der Waals surface area contributed by atoms with Crippen molar-refractivity contribution < 1.29 is 19.4 Å². The average Bonchev–Trinajstić information content (AvgIpc) is 3.41. The van der Waals surface area contributed by atoms with E-state index in [9.17, 15) is 0 Å². The van der Waals surface area contributed by atoms with E-state index in [0.29, 0.717) is 0 Å². The van der Waals surface area contributed by atoms with Crippen LogP contribution in [0.3, 0.4) is 0 Å². The Hall–Kier alpha value is -5.31. The summed E-state index contributed by atoms with van der Waals surface area (Å²) in [5.41, 5.74) is 15.4. The van der Waals surface area contributed by atoms with Crippen LogP contribution < -0.4 is 16.4 Å². The number of rotatable bonds is 7. The van der Waals surface area contributed by atoms with Crippen molar-refractivity contribution in [3.63, 3.8) is 0 Å². The topological polar surface area (TPSA) is 22.8 Å². The van der Waals surface area contributed by atoms with Gasteiger partial charge in [-0.25, -0.2) is 0 Å². The van der Waals surface area contributed by atoms with Gasteiger partial charge in [0.25, 0.3) is 0 Å². The van der Waals surface area contributed by atoms with E-state index in [4.69, 9.17) is 4.98 Å². The Bertz CT molecular complexity index is 2440. The SMILES string of the molecule is Cc1ccnc(-c2cccc(B(c3cccc(-n4[c](=[Pt])n(C)c5ccccc54)c3)c3c(-c4ccccc4)cccc3-c3ccccc3)c2)c1. The third-order valence-corrected chi connectivity index (χ3v) is 10.6. The summed E-state index contributed by atoms with van der Waals surface area (Å²) in [5, 5.41) is 0. The van der Waals surface area contributed by atoms with Gasteiger partial charge >= 0.3 is 287 Å². The van der Waals surface area contributed by atoms with E-state index in [1.54, 1.807) is 0 Å². The molecule has 0 radical (unpaired) electrons. The van der Waals surface area contributed by atoms with Crippen LogP contribution in [0.25, 0.3) is 50.2 Å². The summed E-state index contributed by atoms with van der Waals surface area (Å²) in [6, 6.07) is 59.3. The van der Waals surface area contributed by atoms with E-state index in [2.05, 4.69) is 206 Å². The van der Waals surface area contributed by atoms with E-state index in [0.717, 1.165) is 20.7 Å². The summed E-state index contributed by atoms with van der Waals surface area (Å²) in [6.45, 7) is 2.04. The number of hydrogen-bond donors (Lipinski definition) is 0. The monoisotopic (exact) mass is 810 g/mol. The second-order valence-electron chi connectivity index (χ2n) is 12.5. The number of fused-ring (bicyclic) bond motifs is 1. The molecule has 2 heterocycles. The van der Waals surface area contributed by atoms with Crippen LogP contribution in [0.5, 0.6) is 0 Å². The Kier molecular flexibility index (Phi) is 8.41. The Morgan fingerprint density at radius 2 is 1.12 bits per heavy atom. The van der Waals surface area contributed by atoms with E-state index in [-0.39, 0.29) is 6.71 Å². The van der Waals surface area contributed by atoms with Crippen molar-refractivity contribution in [2.75, 3.05) is 0 Å². The second kappa shape index (κ2) is 13.3. The number of aryl methyl sites for hydroxylation is 2. The summed E-state index contributed by atoms with van der Waals surface area (Å²) < 4.78 is 5.78. The molecule has 0 saturated carbocycles. The van der Waals surface area contributed by atoms with Gasteiger partial charge in [0.15, 0.2) is 0 Å². The zero-order chi connectivity index (χ0) is 33.3. The predicted octanol–water partition coefficient (Wildman–Crippen LogP) is 8.27. The van der Waals surface area contributed by atoms with Gasteiger partial charge in [0, 0.05) is 0 Å². The molecule has 0 saturated heterocycles. The van der Waals surface area contributed by atoms with Crippen molar-refractivity contribution in [2.45, 2.75) is 6.92 Å². The zero-order valence-corrected chi connectivity index (χ0v) is 29.7. The standard InChI is InChI=1S/C44H34BN3.Pt/c1-32-26-27-46-41(28-32)35-18-11-19-36(29-35)45(37-20-12-21-38(30-37)48-31-47(2)42-24-9-10-25-43(42)48)44-39(33-14-5-3-6-15-33)22-13-23-40(44)34-16-7-4-8-17-34;/h3-30H,1-2H3;. The third kappa shape index (κ3) is 5.88. The van der Waals surface area contributed by atoms with Crippen LogP contribution >= 0.6 is 0 Å². The molecule has 2 aromatic heterocycles. The van der Waals surface area contributed by atoms with Crippen molar-refractivity contribution in [3.05, 3.63) is 179 Å². The summed E-state index contributed by atoms with van der Waals surface area (Å²) >= 11 is 2.45. The number of para-hydroxylation sites is 2. The number of hydrogen-bond acceptors (Lipinski definition) is 1. The molecule has 0 aliphatic carbocycles. The van der Waals surface area contributed by atoms with Gasteiger partial charge in [0.05, 0.1) is 0 Å². The van der Waals surface area contributed by atoms with Gasteiger partial charge in [-0.3, -0.25) is 0 Å². The molecule has 0 fully saturated rings. The zero-order valence-electron chi connectivity index (χ0n) is 27.4. The van der Waals surface area contributed by atoms with Crippen molar-refractivity contribution in [3.8, 4) is 39.2 Å². The number of nitrogens with zero attached hydrogens (tertiary/aromatic N) is 3. The van der Waals surface area contributed by atoms with Gasteiger partial charge < -0.3 is 0 Å². The van der Waals surface area contributed by atoms with E-state index >= 15 is 0 Å². The first-order chi connectivity index (χ1) is 24.1. The molecule has 5 heteroatoms. The van der Waals surface area contributed by atoms with Crippen LogP contribution in [-0.4, -0.2) is 20.8 Å². The molecule has 0 aliphatic rings. The molecule has 238 valence electrons. The van der Waals surface area contributed by atoms with Crippen LogP contribution in [0.4, 0.5) is 0 Å². The molecule has 3 nitrogen and oxygen atoms in total. The number of aromatic nitrogens is 3. The van der Waals surface area contributed by atoms with Crippen molar-refractivity contribution in [2.24, 2.45) is 7.05 Å². The molecule has 6 aromatic carbocycles. The fourth-order valence-electron chi connectivity index (χ4n) is 7.06. The molecule has 0 spiro atoms. The number of benzene rings is 6. The third-order valence-electron chi connectivity index (χ3n) is 9.37. The maximum absolute atomic E-state index is 4.77. The number of pyridine rings is 1. The molecule has 0 atom stereocenters. The summed E-state index contributed by atoms with van der Waals surface area (Å²) in [4.78, 5) is 4.77. The van der Waals surface area contributed by atoms with E-state index in [1.165, 1.54) is 55.2 Å². The first-order valence-electron chi connectivity index (χ1n) is 16.6. The van der Waals surface area contributed by atoms with E-state index < -0.39 is 0 Å². The molecule has 49 heavy (non-hydrogen) atoms. The van der Waals surface area contributed by atoms with Crippen molar-refractivity contribution >= 4 is 34.1 Å². The van der Waals surface area contributed by atoms with Gasteiger partial charge in [-0.1, -0.05) is 0 Å². The van der Waals surface area contributed by atoms with Crippen LogP contribution in [-0.2, 0) is 26.4 Å². The van der Waals surface area contributed by atoms with Crippen LogP contribution in [0, 0.1) is 10.7 Å². The van der Waals surface area contributed by atoms with Crippen LogP contribution in [0.1, 0.15) is 5.56 Å². The van der Waals surface area contributed by atoms with Crippen LogP contribution in [0.2, 0.25) is 0 Å². The molecular weight excluding hydrogens is 776 g/mol. The van der Waals surface area contributed by atoms with Crippen LogP contribution in [0.15, 0.2) is 170 Å². The molecule has 0 aliphatic heterocycles. The Labute approximate surface area is 298 Å². The first kappa shape index (κ1) is 31.0. The summed E-state index contributed by atoms with van der Waals surface area (Å²) in [5.74, 6) is 0. The Morgan fingerprint density at radius 3 is 1.80 bits per heavy atom. The van der Waals surface area contributed by atoms with Gasteiger partial charge in [-0.05, 0) is 13.0 Å². The molecular formula is C44H34BN3Pt. The quantitative estimate of drug-likeness (QED) is 0.149. The summed E-state index contributed by atoms with van der Waals surface area (Å²) in [6.07, 6.45) is 1.90. The molecule has 0 amide bonds. The Morgan fingerprint density at radius 1 is 0.551 bits per heavy atom. The predicted molar refractivity (Wildman–Crippen MR) is 202 cm³/mol. The first-order valence-corrected chi connectivity index (χ1v) is 17.7. The van der Waals surface area contributed by atoms with Gasteiger partial charge in [-0.2, -0.15) is 0 Å². The minimum atomic E-state index is -0.0789. The molecule has 0 N–H and O–H groups in total. The van der Waals surface area contributed by atoms with Crippen molar-refractivity contribution in [1.82, 2.24) is 14.1 Å². The molecule has 0 bridgehead atoms. The second-order valence-corrected chi connectivity index (χ2v) is 13.5.